The number of hydrogen-bond donors (Lipinski definition) is 0. The highest BCUT2D eigenvalue weighted by molar-refractivity contribution is 7.02. The first-order valence-corrected chi connectivity index (χ1v) is 6.72. The Morgan fingerprint density at radius 1 is 1.12 bits per heavy atom. The summed E-state index contributed by atoms with van der Waals surface area (Å²) in [6.07, 6.45) is 7.60. The zero-order chi connectivity index (χ0) is 11.0. The van der Waals surface area contributed by atoms with Gasteiger partial charge >= 0.3 is 0 Å². The van der Waals surface area contributed by atoms with E-state index in [1.54, 1.807) is 10.4 Å². The van der Waals surface area contributed by atoms with Gasteiger partial charge in [-0.2, -0.15) is 0 Å². The molecule has 1 nitrogen and oxygen atoms in total. The third-order valence-electron chi connectivity index (χ3n) is 3.29. The van der Waals surface area contributed by atoms with Crippen molar-refractivity contribution >= 4 is 11.5 Å². The highest BCUT2D eigenvalue weighted by Gasteiger charge is 2.21. The van der Waals surface area contributed by atoms with Gasteiger partial charge in [0.1, 0.15) is 11.5 Å². The summed E-state index contributed by atoms with van der Waals surface area (Å²) in [7, 11) is 0. The average Bonchev–Trinajstić information content (AvgIpc) is 2.73. The Kier molecular flexibility index (Phi) is 2.52. The molecule has 2 heteroatoms. The monoisotopic (exact) mass is 230 g/mol. The van der Waals surface area contributed by atoms with Crippen molar-refractivity contribution in [3.8, 4) is 5.69 Å². The highest BCUT2D eigenvalue weighted by atomic mass is 32.1. The molecular weight excluding hydrogens is 214 g/mol. The van der Waals surface area contributed by atoms with E-state index in [1.807, 2.05) is 11.5 Å². The van der Waals surface area contributed by atoms with Gasteiger partial charge < -0.3 is 0 Å². The Labute approximate surface area is 101 Å². The number of aryl methyl sites for hydroxylation is 3. The quantitative estimate of drug-likeness (QED) is 0.662. The second-order valence-electron chi connectivity index (χ2n) is 4.49. The molecule has 0 spiro atoms. The molecule has 0 atom stereocenters. The maximum Gasteiger partial charge on any atom is 0.227 e. The topological polar surface area (TPSA) is 3.88 Å². The van der Waals surface area contributed by atoms with Crippen LogP contribution in [0.5, 0.6) is 0 Å². The van der Waals surface area contributed by atoms with Crippen LogP contribution in [0.15, 0.2) is 30.5 Å². The summed E-state index contributed by atoms with van der Waals surface area (Å²) in [5, 5.41) is 0. The van der Waals surface area contributed by atoms with Crippen LogP contribution in [0.2, 0.25) is 0 Å². The standard InChI is InChI=1S/C14H16NS/c1-11-6-2-4-8-13(11)15-10-12-7-3-5-9-14(12)16-15/h2,4,6,8,10H,3,5,7,9H2,1H3/q+1. The van der Waals surface area contributed by atoms with Crippen LogP contribution in [0.3, 0.4) is 0 Å². The summed E-state index contributed by atoms with van der Waals surface area (Å²) >= 11 is 1.92. The smallest absolute Gasteiger partial charge is 0.102 e. The van der Waals surface area contributed by atoms with Crippen LogP contribution < -0.4 is 3.96 Å². The molecule has 1 aromatic carbocycles. The molecule has 1 aliphatic rings. The highest BCUT2D eigenvalue weighted by Crippen LogP contribution is 2.24. The van der Waals surface area contributed by atoms with Crippen molar-refractivity contribution in [2.45, 2.75) is 32.6 Å². The van der Waals surface area contributed by atoms with E-state index < -0.39 is 0 Å². The number of aromatic nitrogens is 1. The molecule has 0 aliphatic heterocycles. The van der Waals surface area contributed by atoms with Crippen LogP contribution in [0.4, 0.5) is 0 Å². The molecule has 1 aliphatic carbocycles. The maximum absolute atomic E-state index is 2.34. The van der Waals surface area contributed by atoms with Crippen LogP contribution in [0.25, 0.3) is 5.69 Å². The second kappa shape index (κ2) is 4.02. The minimum atomic E-state index is 1.27. The average molecular weight is 230 g/mol. The van der Waals surface area contributed by atoms with Crippen LogP contribution in [-0.4, -0.2) is 0 Å². The Balaban J connectivity index is 2.07. The summed E-state index contributed by atoms with van der Waals surface area (Å²) in [5.41, 5.74) is 4.26. The third kappa shape index (κ3) is 1.67. The molecule has 0 fully saturated rings. The van der Waals surface area contributed by atoms with Crippen molar-refractivity contribution in [1.29, 1.82) is 0 Å². The fraction of sp³-hybridized carbons (Fsp3) is 0.357. The van der Waals surface area contributed by atoms with Gasteiger partial charge in [0.2, 0.25) is 5.69 Å². The van der Waals surface area contributed by atoms with Crippen LogP contribution in [-0.2, 0) is 12.8 Å². The number of fused-ring (bicyclic) bond motifs is 1. The zero-order valence-corrected chi connectivity index (χ0v) is 10.4. The zero-order valence-electron chi connectivity index (χ0n) is 9.57. The molecule has 0 N–H and O–H groups in total. The summed E-state index contributed by atoms with van der Waals surface area (Å²) in [4.78, 5) is 1.59. The normalized spacial score (nSPS) is 14.8. The molecule has 1 heterocycles. The first kappa shape index (κ1) is 10.0. The maximum atomic E-state index is 2.34. The predicted molar refractivity (Wildman–Crippen MR) is 67.2 cm³/mol. The van der Waals surface area contributed by atoms with E-state index in [-0.39, 0.29) is 0 Å². The molecular formula is C14H16NS+. The Bertz CT molecular complexity index is 490. The van der Waals surface area contributed by atoms with E-state index >= 15 is 0 Å². The molecule has 2 aromatic rings. The van der Waals surface area contributed by atoms with Gasteiger partial charge in [-0.1, -0.05) is 18.2 Å². The Hall–Kier alpha value is -1.15. The lowest BCUT2D eigenvalue weighted by Crippen LogP contribution is -2.25. The fourth-order valence-corrected chi connectivity index (χ4v) is 3.59. The predicted octanol–water partition coefficient (Wildman–Crippen LogP) is 3.21. The van der Waals surface area contributed by atoms with Crippen molar-refractivity contribution in [2.75, 3.05) is 0 Å². The Morgan fingerprint density at radius 2 is 1.94 bits per heavy atom. The van der Waals surface area contributed by atoms with Crippen LogP contribution in [0, 0.1) is 6.92 Å². The number of hydrogen-bond acceptors (Lipinski definition) is 1. The first-order chi connectivity index (χ1) is 7.84. The molecule has 82 valence electrons. The lowest BCUT2D eigenvalue weighted by atomic mass is 10.0. The van der Waals surface area contributed by atoms with E-state index in [9.17, 15) is 0 Å². The van der Waals surface area contributed by atoms with Gasteiger partial charge in [0.05, 0.1) is 4.88 Å². The van der Waals surface area contributed by atoms with Gasteiger partial charge in [0.15, 0.2) is 6.20 Å². The molecule has 0 bridgehead atoms. The lowest BCUT2D eigenvalue weighted by Gasteiger charge is -2.04. The fourth-order valence-electron chi connectivity index (χ4n) is 2.36. The van der Waals surface area contributed by atoms with E-state index in [4.69, 9.17) is 0 Å². The molecule has 0 unspecified atom stereocenters. The third-order valence-corrected chi connectivity index (χ3v) is 4.48. The molecule has 1 aromatic heterocycles. The van der Waals surface area contributed by atoms with Gasteiger partial charge in [-0.15, -0.1) is 3.96 Å². The first-order valence-electron chi connectivity index (χ1n) is 5.94. The van der Waals surface area contributed by atoms with Crippen LogP contribution in [0.1, 0.15) is 28.8 Å². The molecule has 0 saturated heterocycles. The number of benzene rings is 1. The van der Waals surface area contributed by atoms with Crippen molar-refractivity contribution < 1.29 is 3.96 Å². The van der Waals surface area contributed by atoms with Crippen molar-refractivity contribution in [3.63, 3.8) is 0 Å². The van der Waals surface area contributed by atoms with Crippen molar-refractivity contribution in [3.05, 3.63) is 46.5 Å². The van der Waals surface area contributed by atoms with Gasteiger partial charge in [-0.25, -0.2) is 0 Å². The van der Waals surface area contributed by atoms with E-state index in [0.717, 1.165) is 0 Å². The molecule has 0 amide bonds. The van der Waals surface area contributed by atoms with Gasteiger partial charge in [-0.05, 0) is 32.6 Å². The molecule has 16 heavy (non-hydrogen) atoms. The van der Waals surface area contributed by atoms with Crippen LogP contribution >= 0.6 is 11.5 Å². The largest absolute Gasteiger partial charge is 0.227 e. The number of para-hydroxylation sites is 1. The molecule has 0 radical (unpaired) electrons. The molecule has 3 rings (SSSR count). The molecule has 0 saturated carbocycles. The summed E-state index contributed by atoms with van der Waals surface area (Å²) in [5.74, 6) is 0. The number of rotatable bonds is 1. The lowest BCUT2D eigenvalue weighted by molar-refractivity contribution is -0.520. The van der Waals surface area contributed by atoms with E-state index in [0.29, 0.717) is 0 Å². The minimum absolute atomic E-state index is 1.27. The van der Waals surface area contributed by atoms with Crippen molar-refractivity contribution in [2.24, 2.45) is 0 Å². The summed E-state index contributed by atoms with van der Waals surface area (Å²) in [6.45, 7) is 2.18. The SMILES string of the molecule is Cc1ccccc1-[n+]1cc2c(s1)CCCC2. The minimum Gasteiger partial charge on any atom is -0.102 e. The summed E-state index contributed by atoms with van der Waals surface area (Å²) < 4.78 is 2.34. The second-order valence-corrected chi connectivity index (χ2v) is 5.56. The van der Waals surface area contributed by atoms with Crippen molar-refractivity contribution in [1.82, 2.24) is 0 Å². The van der Waals surface area contributed by atoms with Gasteiger partial charge in [-0.3, -0.25) is 0 Å². The Morgan fingerprint density at radius 3 is 2.75 bits per heavy atom. The van der Waals surface area contributed by atoms with E-state index in [2.05, 4.69) is 41.3 Å². The van der Waals surface area contributed by atoms with Gasteiger partial charge in [0.25, 0.3) is 0 Å². The summed E-state index contributed by atoms with van der Waals surface area (Å²) in [6, 6.07) is 8.61. The van der Waals surface area contributed by atoms with E-state index in [1.165, 1.54) is 36.9 Å². The van der Waals surface area contributed by atoms with Gasteiger partial charge in [0, 0.05) is 17.2 Å². The number of nitrogens with zero attached hydrogens (tertiary/aromatic N) is 1.